The molecule has 4 aromatic carbocycles. The third-order valence-corrected chi connectivity index (χ3v) is 9.34. The molecule has 4 aromatic heterocycles. The van der Waals surface area contributed by atoms with Gasteiger partial charge in [-0.3, -0.25) is 14.1 Å². The maximum Gasteiger partial charge on any atom is 0.137 e. The highest BCUT2D eigenvalue weighted by atomic mass is 16.5. The van der Waals surface area contributed by atoms with Gasteiger partial charge >= 0.3 is 0 Å². The van der Waals surface area contributed by atoms with Gasteiger partial charge < -0.3 is 4.74 Å². The third-order valence-electron chi connectivity index (χ3n) is 9.34. The minimum Gasteiger partial charge on any atom is -0.457 e. The molecule has 0 N–H and O–H groups in total. The van der Waals surface area contributed by atoms with Crippen LogP contribution in [0.15, 0.2) is 133 Å². The zero-order valence-corrected chi connectivity index (χ0v) is 26.3. The number of para-hydroxylation sites is 1. The summed E-state index contributed by atoms with van der Waals surface area (Å²) >= 11 is 0. The highest BCUT2D eigenvalue weighted by Crippen LogP contribution is 2.39. The molecule has 0 fully saturated rings. The lowest BCUT2D eigenvalue weighted by Gasteiger charge is -2.20. The monoisotopic (exact) mass is 609 g/mol. The largest absolute Gasteiger partial charge is 0.457 e. The highest BCUT2D eigenvalue weighted by molar-refractivity contribution is 6.16. The number of aliphatic imine (C=N–C) groups is 1. The van der Waals surface area contributed by atoms with Crippen LogP contribution in [0, 0.1) is 20.8 Å². The fourth-order valence-corrected chi connectivity index (χ4v) is 7.51. The average Bonchev–Trinajstić information content (AvgIpc) is 3.77. The molecule has 0 saturated heterocycles. The zero-order chi connectivity index (χ0) is 31.6. The Morgan fingerprint density at radius 2 is 1.30 bits per heavy atom. The number of ether oxygens (including phenoxy) is 1. The van der Waals surface area contributed by atoms with Gasteiger partial charge in [0.05, 0.1) is 34.2 Å². The predicted molar refractivity (Wildman–Crippen MR) is 191 cm³/mol. The van der Waals surface area contributed by atoms with Crippen molar-refractivity contribution in [3.05, 3.63) is 150 Å². The molecule has 1 aliphatic rings. The molecule has 5 heterocycles. The van der Waals surface area contributed by atoms with Crippen molar-refractivity contribution in [2.45, 2.75) is 26.7 Å². The second kappa shape index (κ2) is 10.5. The van der Waals surface area contributed by atoms with E-state index in [2.05, 4.69) is 119 Å². The van der Waals surface area contributed by atoms with Crippen molar-refractivity contribution in [2.24, 2.45) is 4.99 Å². The maximum absolute atomic E-state index is 6.64. The molecule has 226 valence electrons. The van der Waals surface area contributed by atoms with Crippen LogP contribution in [0.5, 0.6) is 11.5 Å². The number of benzene rings is 4. The van der Waals surface area contributed by atoms with E-state index in [-0.39, 0.29) is 5.92 Å². The van der Waals surface area contributed by atoms with Crippen LogP contribution in [-0.4, -0.2) is 24.9 Å². The first-order chi connectivity index (χ1) is 23.0. The highest BCUT2D eigenvalue weighted by Gasteiger charge is 2.27. The van der Waals surface area contributed by atoms with E-state index in [4.69, 9.17) is 9.73 Å². The predicted octanol–water partition coefficient (Wildman–Crippen LogP) is 9.96. The Labute approximate surface area is 271 Å². The quantitative estimate of drug-likeness (QED) is 0.200. The zero-order valence-electron chi connectivity index (χ0n) is 26.3. The second-order valence-electron chi connectivity index (χ2n) is 12.3. The SMILES string of the molecule is Cc1cc(C)c(C2C=CN=C2n2c3ccccc3c3ccc(Oc4ccc5c6ccncc6n(-c6ccccn6)c5c4)cc32)c(C)c1. The Bertz CT molecular complexity index is 2570. The number of fused-ring (bicyclic) bond motifs is 6. The van der Waals surface area contributed by atoms with Crippen molar-refractivity contribution in [2.75, 3.05) is 0 Å². The van der Waals surface area contributed by atoms with Crippen LogP contribution < -0.4 is 4.74 Å². The molecule has 1 aliphatic heterocycles. The molecule has 0 saturated carbocycles. The molecule has 1 unspecified atom stereocenters. The summed E-state index contributed by atoms with van der Waals surface area (Å²) in [5.74, 6) is 3.39. The van der Waals surface area contributed by atoms with Crippen LogP contribution in [0.2, 0.25) is 0 Å². The van der Waals surface area contributed by atoms with Crippen LogP contribution in [0.3, 0.4) is 0 Å². The molecule has 47 heavy (non-hydrogen) atoms. The standard InChI is InChI=1S/C41H31N5O/c1-25-20-26(2)40(27(3)21-25)34-16-19-44-41(34)46-35-9-5-4-8-30(35)31-13-11-29(23-37(31)46)47-28-12-14-32-33-15-18-42-24-38(33)45(36(32)22-28)39-10-6-7-17-43-39/h4-24,34H,1-3H3. The Morgan fingerprint density at radius 3 is 2.04 bits per heavy atom. The first kappa shape index (κ1) is 27.3. The van der Waals surface area contributed by atoms with Crippen molar-refractivity contribution >= 4 is 49.4 Å². The molecule has 1 atom stereocenters. The fourth-order valence-electron chi connectivity index (χ4n) is 7.51. The number of aryl methyl sites for hydroxylation is 3. The van der Waals surface area contributed by atoms with Gasteiger partial charge in [-0.1, -0.05) is 48.0 Å². The van der Waals surface area contributed by atoms with Crippen molar-refractivity contribution in [3.63, 3.8) is 0 Å². The van der Waals surface area contributed by atoms with Gasteiger partial charge in [-0.2, -0.15) is 0 Å². The summed E-state index contributed by atoms with van der Waals surface area (Å²) in [5.41, 5.74) is 9.36. The summed E-state index contributed by atoms with van der Waals surface area (Å²) in [5, 5.41) is 4.60. The number of rotatable bonds is 4. The minimum atomic E-state index is 0.0459. The van der Waals surface area contributed by atoms with Crippen molar-refractivity contribution in [1.82, 2.24) is 19.1 Å². The van der Waals surface area contributed by atoms with E-state index in [1.54, 1.807) is 0 Å². The number of nitrogens with zero attached hydrogens (tertiary/aromatic N) is 5. The lowest BCUT2D eigenvalue weighted by Crippen LogP contribution is -2.19. The van der Waals surface area contributed by atoms with Gasteiger partial charge in [0.2, 0.25) is 0 Å². The first-order valence-electron chi connectivity index (χ1n) is 15.9. The molecule has 6 nitrogen and oxygen atoms in total. The lowest BCUT2D eigenvalue weighted by molar-refractivity contribution is 0.484. The van der Waals surface area contributed by atoms with Gasteiger partial charge in [0.25, 0.3) is 0 Å². The summed E-state index contributed by atoms with van der Waals surface area (Å²) in [4.78, 5) is 14.1. The van der Waals surface area contributed by atoms with Crippen LogP contribution in [0.4, 0.5) is 0 Å². The van der Waals surface area contributed by atoms with Gasteiger partial charge in [0, 0.05) is 52.3 Å². The van der Waals surface area contributed by atoms with E-state index in [0.717, 1.165) is 61.4 Å². The summed E-state index contributed by atoms with van der Waals surface area (Å²) in [6.45, 7) is 6.57. The van der Waals surface area contributed by atoms with Gasteiger partial charge in [0.1, 0.15) is 23.2 Å². The molecular formula is C41H31N5O. The van der Waals surface area contributed by atoms with Crippen LogP contribution >= 0.6 is 0 Å². The normalized spacial score (nSPS) is 14.5. The van der Waals surface area contributed by atoms with Crippen LogP contribution in [0.25, 0.3) is 49.4 Å². The average molecular weight is 610 g/mol. The molecule has 0 bridgehead atoms. The maximum atomic E-state index is 6.64. The Hall–Kier alpha value is -6.01. The summed E-state index contributed by atoms with van der Waals surface area (Å²) in [6, 6.07) is 33.7. The number of aromatic nitrogens is 4. The van der Waals surface area contributed by atoms with Crippen molar-refractivity contribution in [3.8, 4) is 17.3 Å². The number of pyridine rings is 2. The number of hydrogen-bond donors (Lipinski definition) is 0. The summed E-state index contributed by atoms with van der Waals surface area (Å²) < 4.78 is 11.1. The van der Waals surface area contributed by atoms with E-state index in [9.17, 15) is 0 Å². The van der Waals surface area contributed by atoms with E-state index >= 15 is 0 Å². The van der Waals surface area contributed by atoms with Crippen molar-refractivity contribution in [1.29, 1.82) is 0 Å². The topological polar surface area (TPSA) is 57.2 Å². The van der Waals surface area contributed by atoms with Gasteiger partial charge in [-0.05, 0) is 86.0 Å². The Kier molecular flexibility index (Phi) is 6.12. The van der Waals surface area contributed by atoms with E-state index in [1.807, 2.05) is 49.1 Å². The fraction of sp³-hybridized carbons (Fsp3) is 0.0976. The van der Waals surface area contributed by atoms with Crippen molar-refractivity contribution < 1.29 is 4.74 Å². The molecule has 9 rings (SSSR count). The first-order valence-corrected chi connectivity index (χ1v) is 15.9. The van der Waals surface area contributed by atoms with Crippen LogP contribution in [0.1, 0.15) is 28.2 Å². The molecule has 0 aliphatic carbocycles. The number of allylic oxidation sites excluding steroid dienone is 1. The molecule has 8 aromatic rings. The molecule has 0 amide bonds. The molecule has 6 heteroatoms. The summed E-state index contributed by atoms with van der Waals surface area (Å²) in [7, 11) is 0. The molecule has 0 radical (unpaired) electrons. The molecule has 0 spiro atoms. The Balaban J connectivity index is 1.18. The van der Waals surface area contributed by atoms with E-state index in [1.165, 1.54) is 27.6 Å². The summed E-state index contributed by atoms with van der Waals surface area (Å²) in [6.07, 6.45) is 9.70. The smallest absolute Gasteiger partial charge is 0.137 e. The van der Waals surface area contributed by atoms with Gasteiger partial charge in [0.15, 0.2) is 0 Å². The lowest BCUT2D eigenvalue weighted by atomic mass is 9.89. The Morgan fingerprint density at radius 1 is 0.617 bits per heavy atom. The van der Waals surface area contributed by atoms with E-state index < -0.39 is 0 Å². The van der Waals surface area contributed by atoms with Crippen LogP contribution in [-0.2, 0) is 0 Å². The second-order valence-corrected chi connectivity index (χ2v) is 12.3. The van der Waals surface area contributed by atoms with Gasteiger partial charge in [-0.25, -0.2) is 9.98 Å². The molecular weight excluding hydrogens is 578 g/mol. The minimum absolute atomic E-state index is 0.0459. The number of hydrogen-bond acceptors (Lipinski definition) is 4. The van der Waals surface area contributed by atoms with E-state index in [0.29, 0.717) is 0 Å². The third kappa shape index (κ3) is 4.29. The van der Waals surface area contributed by atoms with Gasteiger partial charge in [-0.15, -0.1) is 0 Å².